The lowest BCUT2D eigenvalue weighted by molar-refractivity contribution is 0.628. The number of anilines is 1. The van der Waals surface area contributed by atoms with Crippen LogP contribution in [-0.4, -0.2) is 19.7 Å². The zero-order chi connectivity index (χ0) is 14.8. The quantitative estimate of drug-likeness (QED) is 0.774. The molecule has 102 valence electrons. The summed E-state index contributed by atoms with van der Waals surface area (Å²) in [5, 5.41) is 13.6. The van der Waals surface area contributed by atoms with Gasteiger partial charge in [0.15, 0.2) is 5.82 Å². The Labute approximate surface area is 119 Å². The van der Waals surface area contributed by atoms with Crippen molar-refractivity contribution in [1.82, 2.24) is 19.7 Å². The van der Waals surface area contributed by atoms with Crippen LogP contribution in [0, 0.1) is 17.1 Å². The second kappa shape index (κ2) is 5.02. The van der Waals surface area contributed by atoms with Crippen molar-refractivity contribution in [1.29, 1.82) is 5.26 Å². The highest BCUT2D eigenvalue weighted by molar-refractivity contribution is 5.73. The van der Waals surface area contributed by atoms with Crippen molar-refractivity contribution in [2.75, 3.05) is 5.73 Å². The third-order valence-corrected chi connectivity index (χ3v) is 2.93. The van der Waals surface area contributed by atoms with E-state index in [9.17, 15) is 9.65 Å². The van der Waals surface area contributed by atoms with Gasteiger partial charge in [-0.1, -0.05) is 0 Å². The first-order valence-electron chi connectivity index (χ1n) is 6.01. The highest BCUT2D eigenvalue weighted by Gasteiger charge is 2.18. The monoisotopic (exact) mass is 280 g/mol. The van der Waals surface area contributed by atoms with Gasteiger partial charge in [0.25, 0.3) is 0 Å². The van der Waals surface area contributed by atoms with E-state index in [0.29, 0.717) is 17.1 Å². The lowest BCUT2D eigenvalue weighted by atomic mass is 10.1. The van der Waals surface area contributed by atoms with Crippen molar-refractivity contribution in [3.63, 3.8) is 0 Å². The minimum atomic E-state index is -0.361. The van der Waals surface area contributed by atoms with Gasteiger partial charge in [-0.15, -0.1) is 0 Å². The van der Waals surface area contributed by atoms with E-state index in [1.165, 1.54) is 23.1 Å². The normalized spacial score (nSPS) is 10.3. The van der Waals surface area contributed by atoms with Crippen LogP contribution in [0.3, 0.4) is 0 Å². The second-order valence-corrected chi connectivity index (χ2v) is 4.21. The molecule has 0 fully saturated rings. The molecular formula is C14H9FN6. The van der Waals surface area contributed by atoms with Crippen LogP contribution in [0.1, 0.15) is 5.56 Å². The molecule has 7 heteroatoms. The van der Waals surface area contributed by atoms with Gasteiger partial charge in [0.05, 0.1) is 0 Å². The summed E-state index contributed by atoms with van der Waals surface area (Å²) in [6.45, 7) is 0. The number of aromatic nitrogens is 4. The molecule has 2 aromatic heterocycles. The maximum Gasteiger partial charge on any atom is 0.159 e. The zero-order valence-corrected chi connectivity index (χ0v) is 10.7. The first-order valence-corrected chi connectivity index (χ1v) is 6.01. The Bertz CT molecular complexity index is 817. The lowest BCUT2D eigenvalue weighted by Crippen LogP contribution is -2.04. The SMILES string of the molecule is N#Cc1c(-c2ccc(F)cc2)nn(-c2ccncn2)c1N. The van der Waals surface area contributed by atoms with Gasteiger partial charge in [-0.3, -0.25) is 0 Å². The smallest absolute Gasteiger partial charge is 0.159 e. The van der Waals surface area contributed by atoms with Crippen LogP contribution in [0.4, 0.5) is 10.2 Å². The molecule has 2 N–H and O–H groups in total. The summed E-state index contributed by atoms with van der Waals surface area (Å²) in [6.07, 6.45) is 2.91. The van der Waals surface area contributed by atoms with Crippen molar-refractivity contribution in [2.45, 2.75) is 0 Å². The van der Waals surface area contributed by atoms with Crippen LogP contribution in [0.15, 0.2) is 42.9 Å². The zero-order valence-electron chi connectivity index (χ0n) is 10.7. The van der Waals surface area contributed by atoms with Crippen molar-refractivity contribution >= 4 is 5.82 Å². The number of hydrogen-bond acceptors (Lipinski definition) is 5. The molecule has 0 spiro atoms. The van der Waals surface area contributed by atoms with Gasteiger partial charge in [0.2, 0.25) is 0 Å². The van der Waals surface area contributed by atoms with E-state index in [0.717, 1.165) is 0 Å². The largest absolute Gasteiger partial charge is 0.382 e. The molecule has 0 atom stereocenters. The number of rotatable bonds is 2. The number of halogens is 1. The van der Waals surface area contributed by atoms with Gasteiger partial charge in [-0.25, -0.2) is 14.4 Å². The standard InChI is InChI=1S/C14H9FN6/c15-10-3-1-9(2-4-10)13-11(7-16)14(17)21(20-13)12-5-6-18-8-19-12/h1-6,8H,17H2. The average molecular weight is 280 g/mol. The summed E-state index contributed by atoms with van der Waals surface area (Å²) in [6, 6.07) is 9.34. The predicted octanol–water partition coefficient (Wildman–Crippen LogP) is 1.92. The Morgan fingerprint density at radius 2 is 1.95 bits per heavy atom. The molecule has 2 heterocycles. The van der Waals surface area contributed by atoms with Crippen molar-refractivity contribution in [3.05, 3.63) is 54.2 Å². The fourth-order valence-corrected chi connectivity index (χ4v) is 1.93. The molecule has 0 saturated carbocycles. The van der Waals surface area contributed by atoms with Crippen molar-refractivity contribution < 1.29 is 4.39 Å². The van der Waals surface area contributed by atoms with E-state index in [-0.39, 0.29) is 17.2 Å². The topological polar surface area (TPSA) is 93.4 Å². The summed E-state index contributed by atoms with van der Waals surface area (Å²) in [5.74, 6) is 0.267. The van der Waals surface area contributed by atoms with Crippen LogP contribution in [0.2, 0.25) is 0 Å². The summed E-state index contributed by atoms with van der Waals surface area (Å²) in [5.41, 5.74) is 7.17. The predicted molar refractivity (Wildman–Crippen MR) is 73.7 cm³/mol. The molecule has 3 rings (SSSR count). The van der Waals surface area contributed by atoms with Crippen LogP contribution >= 0.6 is 0 Å². The maximum atomic E-state index is 13.0. The summed E-state index contributed by atoms with van der Waals surface area (Å²) < 4.78 is 14.4. The highest BCUT2D eigenvalue weighted by atomic mass is 19.1. The molecule has 6 nitrogen and oxygen atoms in total. The molecule has 0 saturated heterocycles. The van der Waals surface area contributed by atoms with Crippen LogP contribution in [0.25, 0.3) is 17.1 Å². The van der Waals surface area contributed by atoms with Gasteiger partial charge in [-0.05, 0) is 24.3 Å². The van der Waals surface area contributed by atoms with Crippen molar-refractivity contribution in [2.24, 2.45) is 0 Å². The third-order valence-electron chi connectivity index (χ3n) is 2.93. The number of nitrogen functional groups attached to an aromatic ring is 1. The number of nitrogens with zero attached hydrogens (tertiary/aromatic N) is 5. The first-order chi connectivity index (χ1) is 10.2. The Balaban J connectivity index is 2.19. The summed E-state index contributed by atoms with van der Waals surface area (Å²) >= 11 is 0. The minimum Gasteiger partial charge on any atom is -0.382 e. The molecular weight excluding hydrogens is 271 g/mol. The molecule has 21 heavy (non-hydrogen) atoms. The second-order valence-electron chi connectivity index (χ2n) is 4.21. The van der Waals surface area contributed by atoms with E-state index in [4.69, 9.17) is 5.73 Å². The fourth-order valence-electron chi connectivity index (χ4n) is 1.93. The van der Waals surface area contributed by atoms with Crippen LogP contribution in [0.5, 0.6) is 0 Å². The van der Waals surface area contributed by atoms with Gasteiger partial charge in [-0.2, -0.15) is 15.0 Å². The van der Waals surface area contributed by atoms with Gasteiger partial charge in [0.1, 0.15) is 35.3 Å². The number of hydrogen-bond donors (Lipinski definition) is 1. The first kappa shape index (κ1) is 12.7. The van der Waals surface area contributed by atoms with E-state index >= 15 is 0 Å². The Morgan fingerprint density at radius 1 is 1.19 bits per heavy atom. The van der Waals surface area contributed by atoms with Gasteiger partial charge >= 0.3 is 0 Å². The molecule has 0 bridgehead atoms. The van der Waals surface area contributed by atoms with E-state index in [1.807, 2.05) is 6.07 Å². The molecule has 0 aliphatic heterocycles. The Hall–Kier alpha value is -3.27. The molecule has 3 aromatic rings. The average Bonchev–Trinajstić information content (AvgIpc) is 2.85. The molecule has 1 aromatic carbocycles. The molecule has 0 aliphatic carbocycles. The molecule has 0 radical (unpaired) electrons. The lowest BCUT2D eigenvalue weighted by Gasteiger charge is -2.00. The van der Waals surface area contributed by atoms with Gasteiger partial charge in [0, 0.05) is 17.8 Å². The number of nitrogens with two attached hydrogens (primary N) is 1. The molecule has 0 aliphatic rings. The Kier molecular flexibility index (Phi) is 3.04. The molecule has 0 unspecified atom stereocenters. The third kappa shape index (κ3) is 2.19. The maximum absolute atomic E-state index is 13.0. The van der Waals surface area contributed by atoms with Crippen LogP contribution < -0.4 is 5.73 Å². The summed E-state index contributed by atoms with van der Waals surface area (Å²) in [7, 11) is 0. The number of benzene rings is 1. The highest BCUT2D eigenvalue weighted by Crippen LogP contribution is 2.28. The molecule has 0 amide bonds. The van der Waals surface area contributed by atoms with Crippen molar-refractivity contribution in [3.8, 4) is 23.1 Å². The fraction of sp³-hybridized carbons (Fsp3) is 0. The summed E-state index contributed by atoms with van der Waals surface area (Å²) in [4.78, 5) is 7.86. The van der Waals surface area contributed by atoms with Crippen LogP contribution in [-0.2, 0) is 0 Å². The van der Waals surface area contributed by atoms with E-state index < -0.39 is 0 Å². The van der Waals surface area contributed by atoms with E-state index in [2.05, 4.69) is 15.1 Å². The Morgan fingerprint density at radius 3 is 2.57 bits per heavy atom. The number of nitriles is 1. The minimum absolute atomic E-state index is 0.176. The van der Waals surface area contributed by atoms with E-state index in [1.54, 1.807) is 24.4 Å². The van der Waals surface area contributed by atoms with Gasteiger partial charge < -0.3 is 5.73 Å².